The maximum absolute atomic E-state index is 12.1. The van der Waals surface area contributed by atoms with Crippen LogP contribution in [0, 0.1) is 0 Å². The van der Waals surface area contributed by atoms with Gasteiger partial charge in [0.05, 0.1) is 6.61 Å². The molecule has 1 unspecified atom stereocenters. The molecule has 0 aliphatic heterocycles. The van der Waals surface area contributed by atoms with Crippen molar-refractivity contribution in [3.8, 4) is 5.75 Å². The monoisotopic (exact) mass is 421 g/mol. The van der Waals surface area contributed by atoms with E-state index in [0.29, 0.717) is 5.56 Å². The molecule has 0 saturated carbocycles. The summed E-state index contributed by atoms with van der Waals surface area (Å²) in [6.45, 7) is 2.80. The molecule has 0 aromatic heterocycles. The van der Waals surface area contributed by atoms with E-state index in [-0.39, 0.29) is 67.6 Å². The number of benzene rings is 1. The minimum Gasteiger partial charge on any atom is -0.778 e. The van der Waals surface area contributed by atoms with Crippen molar-refractivity contribution in [1.29, 1.82) is 0 Å². The molecule has 0 spiro atoms. The van der Waals surface area contributed by atoms with Crippen molar-refractivity contribution in [3.05, 3.63) is 29.8 Å². The molecule has 148 valence electrons. The maximum atomic E-state index is 12.1. The van der Waals surface area contributed by atoms with Gasteiger partial charge in [-0.15, -0.1) is 13.2 Å². The molecule has 0 saturated heterocycles. The van der Waals surface area contributed by atoms with Gasteiger partial charge in [0.15, 0.2) is 0 Å². The Morgan fingerprint density at radius 2 is 1.85 bits per heavy atom. The fraction of sp³-hybridized carbons (Fsp3) is 0.533. The molecule has 7 nitrogen and oxygen atoms in total. The number of carbonyl (C=O) groups is 1. The van der Waals surface area contributed by atoms with Crippen LogP contribution in [0.1, 0.15) is 25.8 Å². The first-order valence-corrected chi connectivity index (χ1v) is 9.45. The Labute approximate surface area is 177 Å². The van der Waals surface area contributed by atoms with E-state index in [1.54, 1.807) is 6.92 Å². The Bertz CT molecular complexity index is 629. The summed E-state index contributed by atoms with van der Waals surface area (Å²) in [7, 11) is -3.93. The number of hydroxylamine groups is 2. The molecule has 0 N–H and O–H groups in total. The van der Waals surface area contributed by atoms with Gasteiger partial charge >= 0.3 is 35.9 Å². The number of alkyl halides is 3. The summed E-state index contributed by atoms with van der Waals surface area (Å²) in [5, 5.41) is 0.992. The van der Waals surface area contributed by atoms with Gasteiger partial charge in [0.25, 0.3) is 0 Å². The Morgan fingerprint density at radius 1 is 1.26 bits per heavy atom. The van der Waals surface area contributed by atoms with Crippen LogP contribution in [0.15, 0.2) is 24.3 Å². The molecule has 27 heavy (non-hydrogen) atoms. The van der Waals surface area contributed by atoms with Crippen LogP contribution >= 0.6 is 7.60 Å². The van der Waals surface area contributed by atoms with Gasteiger partial charge in [0.2, 0.25) is 5.91 Å². The van der Waals surface area contributed by atoms with E-state index in [4.69, 9.17) is 4.84 Å². The van der Waals surface area contributed by atoms with E-state index in [1.807, 2.05) is 0 Å². The predicted octanol–water partition coefficient (Wildman–Crippen LogP) is -0.151. The molecule has 0 aliphatic carbocycles. The summed E-state index contributed by atoms with van der Waals surface area (Å²) in [4.78, 5) is 28.3. The van der Waals surface area contributed by atoms with Crippen molar-refractivity contribution < 1.29 is 71.1 Å². The predicted molar refractivity (Wildman–Crippen MR) is 84.0 cm³/mol. The first-order chi connectivity index (χ1) is 12.0. The zero-order chi connectivity index (χ0) is 19.8. The van der Waals surface area contributed by atoms with Crippen LogP contribution in [0.4, 0.5) is 13.2 Å². The van der Waals surface area contributed by atoms with Crippen LogP contribution < -0.4 is 39.2 Å². The molecule has 1 rings (SSSR count). The van der Waals surface area contributed by atoms with Crippen molar-refractivity contribution >= 4 is 13.5 Å². The third-order valence-electron chi connectivity index (χ3n) is 3.01. The van der Waals surface area contributed by atoms with Crippen molar-refractivity contribution in [3.63, 3.8) is 0 Å². The minimum atomic E-state index is -4.77. The summed E-state index contributed by atoms with van der Waals surface area (Å²) in [5.41, 5.74) is 0.509. The number of amides is 1. The second-order valence-electron chi connectivity index (χ2n) is 5.19. The fourth-order valence-corrected chi connectivity index (χ4v) is 2.97. The molecule has 1 atom stereocenters. The zero-order valence-electron chi connectivity index (χ0n) is 15.3. The van der Waals surface area contributed by atoms with E-state index in [9.17, 15) is 27.4 Å². The third-order valence-corrected chi connectivity index (χ3v) is 4.53. The number of rotatable bonds is 10. The second kappa shape index (κ2) is 12.1. The third kappa shape index (κ3) is 11.7. The van der Waals surface area contributed by atoms with Crippen molar-refractivity contribution in [1.82, 2.24) is 5.06 Å². The van der Waals surface area contributed by atoms with E-state index in [1.165, 1.54) is 19.1 Å². The van der Waals surface area contributed by atoms with E-state index in [0.717, 1.165) is 17.2 Å². The molecule has 0 heterocycles. The van der Waals surface area contributed by atoms with Crippen molar-refractivity contribution in [2.75, 3.05) is 19.3 Å². The first kappa shape index (κ1) is 26.4. The largest absolute Gasteiger partial charge is 1.00 e. The van der Waals surface area contributed by atoms with Crippen LogP contribution in [0.3, 0.4) is 0 Å². The van der Waals surface area contributed by atoms with E-state index >= 15 is 0 Å². The Morgan fingerprint density at radius 3 is 2.33 bits per heavy atom. The number of carbonyl (C=O) groups excluding carboxylic acids is 1. The quantitative estimate of drug-likeness (QED) is 0.297. The number of ether oxygens (including phenoxy) is 1. The van der Waals surface area contributed by atoms with E-state index in [2.05, 4.69) is 9.26 Å². The summed E-state index contributed by atoms with van der Waals surface area (Å²) in [5.74, 6) is -0.800. The van der Waals surface area contributed by atoms with Gasteiger partial charge in [0, 0.05) is 19.6 Å². The molecule has 0 aliphatic rings. The van der Waals surface area contributed by atoms with Gasteiger partial charge in [0.1, 0.15) is 20.0 Å². The summed E-state index contributed by atoms with van der Waals surface area (Å²) >= 11 is 0. The van der Waals surface area contributed by atoms with Crippen molar-refractivity contribution in [2.24, 2.45) is 0 Å². The van der Waals surface area contributed by atoms with Gasteiger partial charge in [-0.2, -0.15) is 0 Å². The van der Waals surface area contributed by atoms with E-state index < -0.39 is 19.9 Å². The normalized spacial score (nSPS) is 13.4. The Kier molecular flexibility index (Phi) is 11.8. The molecule has 0 radical (unpaired) electrons. The summed E-state index contributed by atoms with van der Waals surface area (Å²) in [6, 6.07) is 4.97. The number of hydrogen-bond acceptors (Lipinski definition) is 6. The van der Waals surface area contributed by atoms with Crippen LogP contribution in [-0.4, -0.2) is 36.6 Å². The first-order valence-electron chi connectivity index (χ1n) is 7.73. The average molecular weight is 421 g/mol. The Hall–Kier alpha value is -0.610. The molecule has 0 fully saturated rings. The minimum absolute atomic E-state index is 0. The van der Waals surface area contributed by atoms with Gasteiger partial charge < -0.3 is 18.7 Å². The second-order valence-corrected chi connectivity index (χ2v) is 7.12. The van der Waals surface area contributed by atoms with Crippen molar-refractivity contribution in [2.45, 2.75) is 33.2 Å². The van der Waals surface area contributed by atoms with Gasteiger partial charge in [-0.3, -0.25) is 9.63 Å². The maximum Gasteiger partial charge on any atom is 1.00 e. The van der Waals surface area contributed by atoms with Gasteiger partial charge in [-0.25, -0.2) is 5.06 Å². The average Bonchev–Trinajstić information content (AvgIpc) is 2.50. The molecule has 1 aromatic carbocycles. The standard InChI is InChI=1S/C15H21F3NO6P.Na/c1-3-24-26(21,22)10-4-9-19(12(2)20)23-11-13-5-7-14(8-6-13)25-15(16,17)18;/h5-8H,3-4,9-11H2,1-2H3,(H,21,22);/q;+1/p-1. The number of nitrogens with zero attached hydrogens (tertiary/aromatic N) is 1. The zero-order valence-corrected chi connectivity index (χ0v) is 18.2. The molecule has 0 bridgehead atoms. The number of hydrogen-bond donors (Lipinski definition) is 0. The van der Waals surface area contributed by atoms with Crippen LogP contribution in [-0.2, 0) is 25.3 Å². The van der Waals surface area contributed by atoms with Crippen LogP contribution in [0.5, 0.6) is 5.75 Å². The summed E-state index contributed by atoms with van der Waals surface area (Å²) < 4.78 is 56.1. The molecule has 12 heteroatoms. The topological polar surface area (TPSA) is 88.1 Å². The molecule has 1 amide bonds. The number of halogens is 3. The SMILES string of the molecule is CCOP(=O)([O-])CCCN(OCc1ccc(OC(F)(F)F)cc1)C(C)=O.[Na+]. The van der Waals surface area contributed by atoms with Gasteiger partial charge in [-0.1, -0.05) is 12.1 Å². The van der Waals surface area contributed by atoms with Gasteiger partial charge in [-0.05, 0) is 31.0 Å². The molecular formula is C15H20F3NNaO6P. The molecule has 1 aromatic rings. The Balaban J connectivity index is 0.00000676. The smallest absolute Gasteiger partial charge is 0.778 e. The molecular weight excluding hydrogens is 401 g/mol. The van der Waals surface area contributed by atoms with Crippen LogP contribution in [0.2, 0.25) is 0 Å². The summed E-state index contributed by atoms with van der Waals surface area (Å²) in [6.07, 6.45) is -4.89. The fourth-order valence-electron chi connectivity index (χ4n) is 1.92. The van der Waals surface area contributed by atoms with Crippen LogP contribution in [0.25, 0.3) is 0 Å².